The summed E-state index contributed by atoms with van der Waals surface area (Å²) in [6.45, 7) is 2.81. The number of nitriles is 1. The van der Waals surface area contributed by atoms with E-state index in [-0.39, 0.29) is 30.4 Å². The Morgan fingerprint density at radius 3 is 2.71 bits per heavy atom. The maximum atomic E-state index is 13.4. The van der Waals surface area contributed by atoms with Gasteiger partial charge in [-0.2, -0.15) is 5.26 Å². The average molecular weight is 479 g/mol. The molecule has 10 heteroatoms. The summed E-state index contributed by atoms with van der Waals surface area (Å²) < 4.78 is 18.4. The van der Waals surface area contributed by atoms with Crippen molar-refractivity contribution in [2.45, 2.75) is 6.54 Å². The molecule has 0 aliphatic carbocycles. The van der Waals surface area contributed by atoms with E-state index in [1.807, 2.05) is 13.1 Å². The molecule has 1 fully saturated rings. The number of hydrogen-bond donors (Lipinski definition) is 0. The zero-order chi connectivity index (χ0) is 23.7. The molecule has 0 unspecified atom stereocenters. The van der Waals surface area contributed by atoms with Gasteiger partial charge in [0, 0.05) is 26.2 Å². The van der Waals surface area contributed by atoms with Crippen LogP contribution in [0.15, 0.2) is 45.8 Å². The highest BCUT2D eigenvalue weighted by molar-refractivity contribution is 7.07. The number of carbonyl (C=O) groups is 1. The van der Waals surface area contributed by atoms with E-state index in [9.17, 15) is 14.9 Å². The number of nitrogens with zero attached hydrogens (tertiary/aromatic N) is 4. The lowest BCUT2D eigenvalue weighted by Gasteiger charge is -2.32. The van der Waals surface area contributed by atoms with Crippen molar-refractivity contribution >= 4 is 28.9 Å². The molecule has 174 valence electrons. The second kappa shape index (κ2) is 9.21. The number of furan rings is 1. The lowest BCUT2D eigenvalue weighted by Crippen LogP contribution is -2.48. The van der Waals surface area contributed by atoms with Crippen LogP contribution in [-0.2, 0) is 11.3 Å². The van der Waals surface area contributed by atoms with Gasteiger partial charge < -0.3 is 23.7 Å². The van der Waals surface area contributed by atoms with Crippen molar-refractivity contribution in [1.29, 1.82) is 5.26 Å². The normalized spacial score (nSPS) is 17.1. The van der Waals surface area contributed by atoms with E-state index in [1.54, 1.807) is 35.2 Å². The summed E-state index contributed by atoms with van der Waals surface area (Å²) in [6, 6.07) is 11.0. The van der Waals surface area contributed by atoms with Gasteiger partial charge >= 0.3 is 0 Å². The molecular weight excluding hydrogens is 456 g/mol. The Morgan fingerprint density at radius 2 is 1.97 bits per heavy atom. The highest BCUT2D eigenvalue weighted by Crippen LogP contribution is 2.32. The molecule has 2 aliphatic rings. The SMILES string of the molecule is CN1CCN(C(=O)C(C#N)=c2sc(=Cc3ccc4c(c3)OCO4)c(=O)n2Cc2ccco2)CC1. The largest absolute Gasteiger partial charge is 0.467 e. The summed E-state index contributed by atoms with van der Waals surface area (Å²) in [5.41, 5.74) is 0.416. The third-order valence-electron chi connectivity index (χ3n) is 5.83. The minimum absolute atomic E-state index is 0.0384. The van der Waals surface area contributed by atoms with Gasteiger partial charge in [-0.3, -0.25) is 14.2 Å². The van der Waals surface area contributed by atoms with Crippen LogP contribution in [0.2, 0.25) is 0 Å². The summed E-state index contributed by atoms with van der Waals surface area (Å²) in [5.74, 6) is 1.45. The minimum Gasteiger partial charge on any atom is -0.467 e. The number of carbonyl (C=O) groups excluding carboxylic acids is 1. The molecule has 1 saturated heterocycles. The van der Waals surface area contributed by atoms with Crippen molar-refractivity contribution in [3.8, 4) is 17.6 Å². The van der Waals surface area contributed by atoms with Gasteiger partial charge in [-0.1, -0.05) is 6.07 Å². The second-order valence-corrected chi connectivity index (χ2v) is 9.11. The van der Waals surface area contributed by atoms with Gasteiger partial charge in [0.1, 0.15) is 16.5 Å². The molecule has 0 saturated carbocycles. The fourth-order valence-electron chi connectivity index (χ4n) is 3.92. The van der Waals surface area contributed by atoms with Crippen LogP contribution in [0.1, 0.15) is 11.3 Å². The first kappa shape index (κ1) is 22.0. The number of likely N-dealkylation sites (N-methyl/N-ethyl adjacent to an activating group) is 1. The number of amides is 1. The minimum atomic E-state index is -0.361. The third kappa shape index (κ3) is 4.23. The second-order valence-electron chi connectivity index (χ2n) is 8.08. The summed E-state index contributed by atoms with van der Waals surface area (Å²) >= 11 is 1.13. The maximum Gasteiger partial charge on any atom is 0.269 e. The Kier molecular flexibility index (Phi) is 5.96. The van der Waals surface area contributed by atoms with Crippen LogP contribution in [0.5, 0.6) is 11.5 Å². The van der Waals surface area contributed by atoms with Gasteiger partial charge in [-0.15, -0.1) is 11.3 Å². The van der Waals surface area contributed by atoms with Gasteiger partial charge in [-0.05, 0) is 43.0 Å². The van der Waals surface area contributed by atoms with E-state index in [2.05, 4.69) is 11.0 Å². The fourth-order valence-corrected chi connectivity index (χ4v) is 5.01. The van der Waals surface area contributed by atoms with E-state index in [0.29, 0.717) is 39.5 Å². The molecule has 34 heavy (non-hydrogen) atoms. The van der Waals surface area contributed by atoms with Crippen LogP contribution in [0.4, 0.5) is 0 Å². The number of fused-ring (bicyclic) bond motifs is 1. The molecule has 1 amide bonds. The molecule has 0 radical (unpaired) electrons. The van der Waals surface area contributed by atoms with Crippen LogP contribution in [-0.4, -0.2) is 60.3 Å². The Morgan fingerprint density at radius 1 is 1.18 bits per heavy atom. The first-order chi connectivity index (χ1) is 16.5. The lowest BCUT2D eigenvalue weighted by atomic mass is 10.2. The van der Waals surface area contributed by atoms with Gasteiger partial charge in [0.2, 0.25) is 6.79 Å². The van der Waals surface area contributed by atoms with Crippen molar-refractivity contribution in [3.63, 3.8) is 0 Å². The van der Waals surface area contributed by atoms with Crippen molar-refractivity contribution < 1.29 is 18.7 Å². The topological polar surface area (TPSA) is 101 Å². The van der Waals surface area contributed by atoms with Crippen molar-refractivity contribution in [1.82, 2.24) is 14.4 Å². The Hall–Kier alpha value is -3.81. The van der Waals surface area contributed by atoms with E-state index < -0.39 is 0 Å². The highest BCUT2D eigenvalue weighted by atomic mass is 32.1. The molecule has 9 nitrogen and oxygen atoms in total. The van der Waals surface area contributed by atoms with Crippen LogP contribution in [0.25, 0.3) is 11.6 Å². The molecule has 0 atom stereocenters. The molecule has 0 bridgehead atoms. The molecule has 4 heterocycles. The van der Waals surface area contributed by atoms with Crippen LogP contribution in [0.3, 0.4) is 0 Å². The number of aromatic nitrogens is 1. The fraction of sp³-hybridized carbons (Fsp3) is 0.292. The number of thiazole rings is 1. The van der Waals surface area contributed by atoms with E-state index in [4.69, 9.17) is 13.9 Å². The first-order valence-corrected chi connectivity index (χ1v) is 11.6. The lowest BCUT2D eigenvalue weighted by molar-refractivity contribution is -0.126. The molecule has 2 aromatic heterocycles. The molecular formula is C24H22N4O5S. The average Bonchev–Trinajstić information content (AvgIpc) is 3.58. The molecule has 1 aromatic carbocycles. The van der Waals surface area contributed by atoms with Crippen LogP contribution < -0.4 is 24.2 Å². The van der Waals surface area contributed by atoms with Crippen LogP contribution >= 0.6 is 11.3 Å². The smallest absolute Gasteiger partial charge is 0.269 e. The summed E-state index contributed by atoms with van der Waals surface area (Å²) in [7, 11) is 2.00. The number of benzene rings is 1. The van der Waals surface area contributed by atoms with E-state index in [0.717, 1.165) is 30.0 Å². The highest BCUT2D eigenvalue weighted by Gasteiger charge is 2.25. The van der Waals surface area contributed by atoms with E-state index in [1.165, 1.54) is 10.8 Å². The summed E-state index contributed by atoms with van der Waals surface area (Å²) in [4.78, 5) is 30.5. The van der Waals surface area contributed by atoms with Crippen LogP contribution in [0, 0.1) is 11.3 Å². The standard InChI is InChI=1S/C24H22N4O5S/c1-26-6-8-27(9-7-26)22(29)18(13-25)24-28(14-17-3-2-10-31-17)23(30)21(34-24)12-16-4-5-19-20(11-16)33-15-32-19/h2-5,10-12H,6-9,14-15H2,1H3. The zero-order valence-corrected chi connectivity index (χ0v) is 19.3. The van der Waals surface area contributed by atoms with Crippen molar-refractivity contribution in [2.75, 3.05) is 40.0 Å². The monoisotopic (exact) mass is 478 g/mol. The van der Waals surface area contributed by atoms with Crippen molar-refractivity contribution in [2.24, 2.45) is 0 Å². The van der Waals surface area contributed by atoms with Gasteiger partial charge in [-0.25, -0.2) is 0 Å². The van der Waals surface area contributed by atoms with Gasteiger partial charge in [0.05, 0.1) is 17.3 Å². The van der Waals surface area contributed by atoms with E-state index >= 15 is 0 Å². The van der Waals surface area contributed by atoms with Gasteiger partial charge in [0.25, 0.3) is 11.5 Å². The quantitative estimate of drug-likeness (QED) is 0.540. The maximum absolute atomic E-state index is 13.4. The van der Waals surface area contributed by atoms with Gasteiger partial charge in [0.15, 0.2) is 17.1 Å². The Balaban J connectivity index is 1.64. The molecule has 0 spiro atoms. The number of piperazine rings is 1. The predicted octanol–water partition coefficient (Wildman–Crippen LogP) is 0.557. The summed E-state index contributed by atoms with van der Waals surface area (Å²) in [6.07, 6.45) is 3.25. The molecule has 3 aromatic rings. The predicted molar refractivity (Wildman–Crippen MR) is 125 cm³/mol. The van der Waals surface area contributed by atoms with Crippen molar-refractivity contribution in [3.05, 3.63) is 67.5 Å². The molecule has 0 N–H and O–H groups in total. The first-order valence-electron chi connectivity index (χ1n) is 10.8. The number of ether oxygens (including phenoxy) is 2. The summed E-state index contributed by atoms with van der Waals surface area (Å²) in [5, 5.41) is 9.96. The number of hydrogen-bond acceptors (Lipinski definition) is 8. The third-order valence-corrected chi connectivity index (χ3v) is 6.96. The Bertz CT molecular complexity index is 1440. The number of rotatable bonds is 4. The molecule has 5 rings (SSSR count). The zero-order valence-electron chi connectivity index (χ0n) is 18.5. The molecule has 2 aliphatic heterocycles. The Labute approximate surface area is 198 Å².